The van der Waals surface area contributed by atoms with Gasteiger partial charge in [-0.3, -0.25) is 14.5 Å². The van der Waals surface area contributed by atoms with Gasteiger partial charge in [-0.2, -0.15) is 0 Å². The van der Waals surface area contributed by atoms with Gasteiger partial charge in [0.15, 0.2) is 0 Å². The van der Waals surface area contributed by atoms with E-state index in [9.17, 15) is 14.0 Å². The van der Waals surface area contributed by atoms with Crippen LogP contribution in [-0.4, -0.2) is 24.5 Å². The summed E-state index contributed by atoms with van der Waals surface area (Å²) in [4.78, 5) is 25.7. The highest BCUT2D eigenvalue weighted by molar-refractivity contribution is 5.98. The minimum absolute atomic E-state index is 0.0581. The molecule has 0 aliphatic heterocycles. The van der Waals surface area contributed by atoms with E-state index in [4.69, 9.17) is 4.74 Å². The third-order valence-corrected chi connectivity index (χ3v) is 3.60. The van der Waals surface area contributed by atoms with Crippen LogP contribution in [0.5, 0.6) is 5.75 Å². The number of nitrogens with zero attached hydrogens (tertiary/aromatic N) is 1. The Bertz CT molecular complexity index is 760. The van der Waals surface area contributed by atoms with Crippen molar-refractivity contribution < 1.29 is 18.7 Å². The number of hydrogen-bond acceptors (Lipinski definition) is 3. The van der Waals surface area contributed by atoms with Crippen molar-refractivity contribution in [3.63, 3.8) is 0 Å². The zero-order valence-electron chi connectivity index (χ0n) is 15.2. The van der Waals surface area contributed by atoms with Crippen molar-refractivity contribution in [1.82, 2.24) is 5.32 Å². The van der Waals surface area contributed by atoms with E-state index < -0.39 is 0 Å². The molecule has 0 unspecified atom stereocenters. The Balaban J connectivity index is 2.07. The number of rotatable bonds is 7. The molecule has 0 atom stereocenters. The molecule has 0 aliphatic rings. The summed E-state index contributed by atoms with van der Waals surface area (Å²) < 4.78 is 18.7. The van der Waals surface area contributed by atoms with Crippen LogP contribution in [0.15, 0.2) is 48.5 Å². The molecule has 2 aromatic carbocycles. The quantitative estimate of drug-likeness (QED) is 0.826. The summed E-state index contributed by atoms with van der Waals surface area (Å²) in [5, 5.41) is 2.74. The standard InChI is InChI=1S/C20H23FN2O3/c1-14(2)26-19-7-5-4-6-18(19)23(15(3)24)13-20(25)22-12-16-8-10-17(21)11-9-16/h4-11,14H,12-13H2,1-3H3,(H,22,25). The lowest BCUT2D eigenvalue weighted by Crippen LogP contribution is -2.39. The fourth-order valence-electron chi connectivity index (χ4n) is 2.40. The highest BCUT2D eigenvalue weighted by atomic mass is 19.1. The number of amides is 2. The van der Waals surface area contributed by atoms with E-state index in [0.29, 0.717) is 11.4 Å². The highest BCUT2D eigenvalue weighted by Gasteiger charge is 2.19. The lowest BCUT2D eigenvalue weighted by molar-refractivity contribution is -0.123. The number of nitrogens with one attached hydrogen (secondary N) is 1. The molecule has 0 saturated carbocycles. The molecule has 1 N–H and O–H groups in total. The topological polar surface area (TPSA) is 58.6 Å². The van der Waals surface area contributed by atoms with Crippen LogP contribution in [-0.2, 0) is 16.1 Å². The fraction of sp³-hybridized carbons (Fsp3) is 0.300. The molecule has 2 rings (SSSR count). The van der Waals surface area contributed by atoms with Crippen molar-refractivity contribution >= 4 is 17.5 Å². The van der Waals surface area contributed by atoms with Crippen molar-refractivity contribution in [1.29, 1.82) is 0 Å². The van der Waals surface area contributed by atoms with Crippen molar-refractivity contribution in [3.05, 3.63) is 59.9 Å². The van der Waals surface area contributed by atoms with Gasteiger partial charge in [0.2, 0.25) is 11.8 Å². The molecular formula is C20H23FN2O3. The summed E-state index contributed by atoms with van der Waals surface area (Å²) in [6, 6.07) is 13.0. The Morgan fingerprint density at radius 3 is 2.38 bits per heavy atom. The zero-order chi connectivity index (χ0) is 19.1. The van der Waals surface area contributed by atoms with Gasteiger partial charge in [0.05, 0.1) is 11.8 Å². The van der Waals surface area contributed by atoms with E-state index in [1.807, 2.05) is 19.9 Å². The van der Waals surface area contributed by atoms with Gasteiger partial charge in [-0.1, -0.05) is 24.3 Å². The van der Waals surface area contributed by atoms with E-state index >= 15 is 0 Å². The summed E-state index contributed by atoms with van der Waals surface area (Å²) in [6.07, 6.45) is -0.0581. The number of carbonyl (C=O) groups excluding carboxylic acids is 2. The van der Waals surface area contributed by atoms with Gasteiger partial charge in [-0.05, 0) is 43.7 Å². The molecular weight excluding hydrogens is 335 g/mol. The molecule has 0 radical (unpaired) electrons. The zero-order valence-corrected chi connectivity index (χ0v) is 15.2. The average molecular weight is 358 g/mol. The maximum atomic E-state index is 12.9. The van der Waals surface area contributed by atoms with Crippen LogP contribution in [0, 0.1) is 5.82 Å². The lowest BCUT2D eigenvalue weighted by Gasteiger charge is -2.24. The largest absolute Gasteiger partial charge is 0.489 e. The predicted molar refractivity (Wildman–Crippen MR) is 98.5 cm³/mol. The predicted octanol–water partition coefficient (Wildman–Crippen LogP) is 3.28. The number of carbonyl (C=O) groups is 2. The summed E-state index contributed by atoms with van der Waals surface area (Å²) in [5.74, 6) is -0.362. The van der Waals surface area contributed by atoms with Crippen LogP contribution in [0.2, 0.25) is 0 Å². The Morgan fingerprint density at radius 1 is 1.12 bits per heavy atom. The number of para-hydroxylation sites is 2. The second-order valence-corrected chi connectivity index (χ2v) is 6.14. The van der Waals surface area contributed by atoms with E-state index in [1.54, 1.807) is 30.3 Å². The third-order valence-electron chi connectivity index (χ3n) is 3.60. The van der Waals surface area contributed by atoms with Crippen LogP contribution in [0.1, 0.15) is 26.3 Å². The lowest BCUT2D eigenvalue weighted by atomic mass is 10.2. The molecule has 0 aliphatic carbocycles. The molecule has 2 amide bonds. The SMILES string of the molecule is CC(=O)N(CC(=O)NCc1ccc(F)cc1)c1ccccc1OC(C)C. The first-order chi connectivity index (χ1) is 12.4. The first-order valence-corrected chi connectivity index (χ1v) is 8.41. The van der Waals surface area contributed by atoms with Gasteiger partial charge in [-0.25, -0.2) is 4.39 Å². The van der Waals surface area contributed by atoms with Crippen LogP contribution >= 0.6 is 0 Å². The number of hydrogen-bond donors (Lipinski definition) is 1. The summed E-state index contributed by atoms with van der Waals surface area (Å²) in [6.45, 7) is 5.32. The normalized spacial score (nSPS) is 10.5. The van der Waals surface area contributed by atoms with Crippen molar-refractivity contribution in [2.75, 3.05) is 11.4 Å². The van der Waals surface area contributed by atoms with E-state index in [2.05, 4.69) is 5.32 Å². The Hall–Kier alpha value is -2.89. The van der Waals surface area contributed by atoms with Gasteiger partial charge < -0.3 is 10.1 Å². The number of benzene rings is 2. The Labute approximate surface area is 152 Å². The fourth-order valence-corrected chi connectivity index (χ4v) is 2.40. The number of anilines is 1. The van der Waals surface area contributed by atoms with E-state index in [0.717, 1.165) is 5.56 Å². The van der Waals surface area contributed by atoms with Gasteiger partial charge in [0, 0.05) is 13.5 Å². The second kappa shape index (κ2) is 8.99. The van der Waals surface area contributed by atoms with Gasteiger partial charge in [-0.15, -0.1) is 0 Å². The smallest absolute Gasteiger partial charge is 0.240 e. The van der Waals surface area contributed by atoms with E-state index in [-0.39, 0.29) is 36.8 Å². The minimum atomic E-state index is -0.329. The number of ether oxygens (including phenoxy) is 1. The van der Waals surface area contributed by atoms with Crippen LogP contribution in [0.4, 0.5) is 10.1 Å². The van der Waals surface area contributed by atoms with E-state index in [1.165, 1.54) is 24.0 Å². The molecule has 26 heavy (non-hydrogen) atoms. The Kier molecular flexibility index (Phi) is 6.72. The van der Waals surface area contributed by atoms with Gasteiger partial charge in [0.1, 0.15) is 18.1 Å². The van der Waals surface area contributed by atoms with Gasteiger partial charge in [0.25, 0.3) is 0 Å². The highest BCUT2D eigenvalue weighted by Crippen LogP contribution is 2.29. The summed E-state index contributed by atoms with van der Waals surface area (Å²) >= 11 is 0. The molecule has 5 nitrogen and oxygen atoms in total. The molecule has 0 bridgehead atoms. The van der Waals surface area contributed by atoms with Crippen LogP contribution in [0.25, 0.3) is 0 Å². The molecule has 0 spiro atoms. The molecule has 138 valence electrons. The molecule has 0 fully saturated rings. The third kappa shape index (κ3) is 5.58. The first kappa shape index (κ1) is 19.4. The molecule has 6 heteroatoms. The second-order valence-electron chi connectivity index (χ2n) is 6.14. The minimum Gasteiger partial charge on any atom is -0.489 e. The van der Waals surface area contributed by atoms with Gasteiger partial charge >= 0.3 is 0 Å². The molecule has 0 heterocycles. The van der Waals surface area contributed by atoms with Crippen molar-refractivity contribution in [3.8, 4) is 5.75 Å². The average Bonchev–Trinajstić information content (AvgIpc) is 2.59. The first-order valence-electron chi connectivity index (χ1n) is 8.41. The molecule has 2 aromatic rings. The van der Waals surface area contributed by atoms with Crippen LogP contribution in [0.3, 0.4) is 0 Å². The maximum absolute atomic E-state index is 12.9. The summed E-state index contributed by atoms with van der Waals surface area (Å²) in [7, 11) is 0. The number of halogens is 1. The van der Waals surface area contributed by atoms with Crippen molar-refractivity contribution in [2.45, 2.75) is 33.4 Å². The molecule has 0 aromatic heterocycles. The van der Waals surface area contributed by atoms with Crippen LogP contribution < -0.4 is 15.0 Å². The maximum Gasteiger partial charge on any atom is 0.240 e. The summed E-state index contributed by atoms with van der Waals surface area (Å²) in [5.41, 5.74) is 1.32. The Morgan fingerprint density at radius 2 is 1.77 bits per heavy atom. The van der Waals surface area contributed by atoms with Crippen molar-refractivity contribution in [2.24, 2.45) is 0 Å². The monoisotopic (exact) mass is 358 g/mol. The molecule has 0 saturated heterocycles.